The summed E-state index contributed by atoms with van der Waals surface area (Å²) in [4.78, 5) is 2.76. The molecule has 0 saturated carbocycles. The first-order chi connectivity index (χ1) is 9.10. The lowest BCUT2D eigenvalue weighted by Crippen LogP contribution is -2.12. The number of aryl methyl sites for hydroxylation is 2. The number of rotatable bonds is 5. The smallest absolute Gasteiger partial charge is 0.125 e. The molecule has 1 aromatic carbocycles. The van der Waals surface area contributed by atoms with Crippen LogP contribution in [-0.2, 0) is 13.1 Å². The summed E-state index contributed by atoms with van der Waals surface area (Å²) < 4.78 is 5.33. The average molecular weight is 276 g/mol. The van der Waals surface area contributed by atoms with E-state index in [0.717, 1.165) is 30.1 Å². The van der Waals surface area contributed by atoms with Gasteiger partial charge >= 0.3 is 0 Å². The predicted octanol–water partition coefficient (Wildman–Crippen LogP) is 3.25. The maximum atomic E-state index is 5.74. The summed E-state index contributed by atoms with van der Waals surface area (Å²) in [7, 11) is 1.67. The van der Waals surface area contributed by atoms with E-state index in [1.54, 1.807) is 7.11 Å². The van der Waals surface area contributed by atoms with Gasteiger partial charge in [0.2, 0.25) is 0 Å². The van der Waals surface area contributed by atoms with Crippen LogP contribution in [0.5, 0.6) is 5.75 Å². The highest BCUT2D eigenvalue weighted by Crippen LogP contribution is 2.23. The Hall–Kier alpha value is -1.52. The van der Waals surface area contributed by atoms with Gasteiger partial charge in [0, 0.05) is 40.2 Å². The first kappa shape index (κ1) is 13.9. The molecule has 0 unspecified atom stereocenters. The highest BCUT2D eigenvalue weighted by molar-refractivity contribution is 7.12. The van der Waals surface area contributed by atoms with Crippen molar-refractivity contribution in [1.82, 2.24) is 5.32 Å². The second-order valence-corrected chi connectivity index (χ2v) is 5.97. The average Bonchev–Trinajstić information content (AvgIpc) is 2.70. The Morgan fingerprint density at radius 3 is 2.63 bits per heavy atom. The quantitative estimate of drug-likeness (QED) is 0.824. The van der Waals surface area contributed by atoms with Crippen LogP contribution in [0.2, 0.25) is 0 Å². The van der Waals surface area contributed by atoms with E-state index in [2.05, 4.69) is 25.2 Å². The van der Waals surface area contributed by atoms with Crippen LogP contribution in [0.25, 0.3) is 0 Å². The molecule has 1 heterocycles. The van der Waals surface area contributed by atoms with Gasteiger partial charge in [-0.3, -0.25) is 0 Å². The molecular formula is C15H20N2OS. The molecule has 0 spiro atoms. The zero-order valence-electron chi connectivity index (χ0n) is 11.6. The van der Waals surface area contributed by atoms with Gasteiger partial charge in [-0.05, 0) is 31.5 Å². The molecule has 3 N–H and O–H groups in total. The van der Waals surface area contributed by atoms with Crippen LogP contribution in [0.3, 0.4) is 0 Å². The molecule has 1 aromatic heterocycles. The largest absolute Gasteiger partial charge is 0.496 e. The van der Waals surface area contributed by atoms with Gasteiger partial charge in [-0.1, -0.05) is 6.07 Å². The van der Waals surface area contributed by atoms with Crippen molar-refractivity contribution < 1.29 is 4.74 Å². The van der Waals surface area contributed by atoms with E-state index in [-0.39, 0.29) is 0 Å². The third-order valence-corrected chi connectivity index (χ3v) is 4.30. The normalized spacial score (nSPS) is 10.7. The highest BCUT2D eigenvalue weighted by Gasteiger charge is 2.04. The van der Waals surface area contributed by atoms with Crippen molar-refractivity contribution in [1.29, 1.82) is 0 Å². The summed E-state index contributed by atoms with van der Waals surface area (Å²) in [6.07, 6.45) is 0. The first-order valence-corrected chi connectivity index (χ1v) is 7.11. The first-order valence-electron chi connectivity index (χ1n) is 6.29. The number of nitrogen functional groups attached to an aromatic ring is 1. The fraction of sp³-hybridized carbons (Fsp3) is 0.333. The van der Waals surface area contributed by atoms with Crippen molar-refractivity contribution in [2.75, 3.05) is 12.8 Å². The Balaban J connectivity index is 1.95. The molecule has 0 atom stereocenters. The summed E-state index contributed by atoms with van der Waals surface area (Å²) in [5, 5.41) is 3.44. The zero-order chi connectivity index (χ0) is 13.8. The number of nitrogens with one attached hydrogen (secondary N) is 1. The fourth-order valence-electron chi connectivity index (χ4n) is 1.96. The van der Waals surface area contributed by atoms with E-state index in [1.807, 2.05) is 29.5 Å². The maximum Gasteiger partial charge on any atom is 0.125 e. The number of ether oxygens (including phenoxy) is 1. The van der Waals surface area contributed by atoms with Crippen LogP contribution in [-0.4, -0.2) is 7.11 Å². The number of thiophene rings is 1. The fourth-order valence-corrected chi connectivity index (χ4v) is 2.99. The molecule has 4 heteroatoms. The van der Waals surface area contributed by atoms with Crippen LogP contribution < -0.4 is 15.8 Å². The minimum absolute atomic E-state index is 0.727. The molecule has 0 aliphatic heterocycles. The van der Waals surface area contributed by atoms with Crippen LogP contribution in [0.4, 0.5) is 5.69 Å². The van der Waals surface area contributed by atoms with E-state index in [9.17, 15) is 0 Å². The molecule has 19 heavy (non-hydrogen) atoms. The lowest BCUT2D eigenvalue weighted by molar-refractivity contribution is 0.408. The minimum Gasteiger partial charge on any atom is -0.496 e. The Morgan fingerprint density at radius 1 is 1.21 bits per heavy atom. The predicted molar refractivity (Wildman–Crippen MR) is 81.7 cm³/mol. The van der Waals surface area contributed by atoms with Gasteiger partial charge in [0.05, 0.1) is 7.11 Å². The number of nitrogens with two attached hydrogens (primary N) is 1. The summed E-state index contributed by atoms with van der Waals surface area (Å²) in [5.41, 5.74) is 8.96. The van der Waals surface area contributed by atoms with Crippen LogP contribution >= 0.6 is 11.3 Å². The van der Waals surface area contributed by atoms with Crippen LogP contribution in [0.1, 0.15) is 20.9 Å². The third kappa shape index (κ3) is 3.49. The highest BCUT2D eigenvalue weighted by atomic mass is 32.1. The van der Waals surface area contributed by atoms with Gasteiger partial charge in [-0.15, -0.1) is 11.3 Å². The monoisotopic (exact) mass is 276 g/mol. The number of hydrogen-bond acceptors (Lipinski definition) is 4. The number of methoxy groups -OCH3 is 1. The molecule has 0 aliphatic rings. The zero-order valence-corrected chi connectivity index (χ0v) is 12.4. The van der Waals surface area contributed by atoms with E-state index >= 15 is 0 Å². The van der Waals surface area contributed by atoms with E-state index in [0.29, 0.717) is 0 Å². The summed E-state index contributed by atoms with van der Waals surface area (Å²) in [5.74, 6) is 0.839. The molecule has 0 radical (unpaired) electrons. The van der Waals surface area contributed by atoms with Crippen molar-refractivity contribution in [3.8, 4) is 5.75 Å². The number of hydrogen-bond donors (Lipinski definition) is 2. The van der Waals surface area contributed by atoms with Crippen molar-refractivity contribution in [2.45, 2.75) is 26.9 Å². The van der Waals surface area contributed by atoms with Gasteiger partial charge in [0.25, 0.3) is 0 Å². The molecule has 0 aliphatic carbocycles. The van der Waals surface area contributed by atoms with Gasteiger partial charge in [0.1, 0.15) is 5.75 Å². The Labute approximate surface area is 118 Å². The standard InChI is InChI=1S/C15H20N2OS/c1-10-6-14(19-11(10)2)9-17-8-12-4-5-13(16)7-15(12)18-3/h4-7,17H,8-9,16H2,1-3H3. The second kappa shape index (κ2) is 6.08. The molecule has 2 aromatic rings. The Kier molecular flexibility index (Phi) is 4.45. The summed E-state index contributed by atoms with van der Waals surface area (Å²) in [6.45, 7) is 5.97. The second-order valence-electron chi connectivity index (χ2n) is 4.63. The van der Waals surface area contributed by atoms with Crippen molar-refractivity contribution in [2.24, 2.45) is 0 Å². The van der Waals surface area contributed by atoms with Gasteiger partial charge < -0.3 is 15.8 Å². The van der Waals surface area contributed by atoms with Crippen LogP contribution in [0.15, 0.2) is 24.3 Å². The Morgan fingerprint density at radius 2 is 2.00 bits per heavy atom. The molecule has 0 amide bonds. The molecule has 2 rings (SSSR count). The Bertz CT molecular complexity index is 544. The lowest BCUT2D eigenvalue weighted by Gasteiger charge is -2.10. The molecule has 0 bridgehead atoms. The van der Waals surface area contributed by atoms with Crippen molar-refractivity contribution >= 4 is 17.0 Å². The molecule has 0 fully saturated rings. The SMILES string of the molecule is COc1cc(N)ccc1CNCc1cc(C)c(C)s1. The van der Waals surface area contributed by atoms with E-state index in [4.69, 9.17) is 10.5 Å². The van der Waals surface area contributed by atoms with Gasteiger partial charge in [-0.2, -0.15) is 0 Å². The lowest BCUT2D eigenvalue weighted by atomic mass is 10.2. The summed E-state index contributed by atoms with van der Waals surface area (Å²) >= 11 is 1.85. The van der Waals surface area contributed by atoms with E-state index in [1.165, 1.54) is 15.3 Å². The third-order valence-electron chi connectivity index (χ3n) is 3.14. The van der Waals surface area contributed by atoms with Gasteiger partial charge in [0.15, 0.2) is 0 Å². The van der Waals surface area contributed by atoms with E-state index < -0.39 is 0 Å². The van der Waals surface area contributed by atoms with Crippen molar-refractivity contribution in [3.63, 3.8) is 0 Å². The minimum atomic E-state index is 0.727. The number of anilines is 1. The topological polar surface area (TPSA) is 47.3 Å². The number of benzene rings is 1. The molecule has 0 saturated heterocycles. The molecule has 3 nitrogen and oxygen atoms in total. The molecular weight excluding hydrogens is 256 g/mol. The summed E-state index contributed by atoms with van der Waals surface area (Å²) in [6, 6.07) is 8.01. The van der Waals surface area contributed by atoms with Gasteiger partial charge in [-0.25, -0.2) is 0 Å². The van der Waals surface area contributed by atoms with Crippen LogP contribution in [0, 0.1) is 13.8 Å². The molecule has 102 valence electrons. The van der Waals surface area contributed by atoms with Crippen molar-refractivity contribution in [3.05, 3.63) is 45.1 Å². The maximum absolute atomic E-state index is 5.74.